The fraction of sp³-hybridized carbons (Fsp3) is 0.882. The molecular formula is C17H26O5. The van der Waals surface area contributed by atoms with Crippen LogP contribution in [0.3, 0.4) is 0 Å². The predicted octanol–water partition coefficient (Wildman–Crippen LogP) is 2.26. The van der Waals surface area contributed by atoms with E-state index in [1.807, 2.05) is 6.92 Å². The SMILES string of the molecule is CC1CC(=O)CCC12CO2.CC1CC2(CCC1=O)OCCO2. The predicted molar refractivity (Wildman–Crippen MR) is 79.4 cm³/mol. The van der Waals surface area contributed by atoms with Gasteiger partial charge in [0, 0.05) is 38.0 Å². The second kappa shape index (κ2) is 6.02. The Labute approximate surface area is 131 Å². The molecule has 0 aromatic rings. The fourth-order valence-corrected chi connectivity index (χ4v) is 3.75. The molecule has 3 atom stereocenters. The van der Waals surface area contributed by atoms with Gasteiger partial charge in [-0.15, -0.1) is 0 Å². The molecule has 4 aliphatic rings. The Hall–Kier alpha value is -0.780. The van der Waals surface area contributed by atoms with Gasteiger partial charge in [-0.2, -0.15) is 0 Å². The van der Waals surface area contributed by atoms with Crippen LogP contribution >= 0.6 is 0 Å². The molecule has 5 nitrogen and oxygen atoms in total. The van der Waals surface area contributed by atoms with Crippen molar-refractivity contribution in [2.24, 2.45) is 11.8 Å². The number of hydrogen-bond donors (Lipinski definition) is 0. The Bertz CT molecular complexity index is 448. The van der Waals surface area contributed by atoms with Crippen LogP contribution in [0.4, 0.5) is 0 Å². The summed E-state index contributed by atoms with van der Waals surface area (Å²) >= 11 is 0. The van der Waals surface area contributed by atoms with Gasteiger partial charge in [0.2, 0.25) is 0 Å². The Morgan fingerprint density at radius 1 is 1.00 bits per heavy atom. The van der Waals surface area contributed by atoms with Gasteiger partial charge in [-0.05, 0) is 12.3 Å². The van der Waals surface area contributed by atoms with Gasteiger partial charge in [0.1, 0.15) is 11.6 Å². The molecule has 124 valence electrons. The van der Waals surface area contributed by atoms with Crippen LogP contribution < -0.4 is 0 Å². The number of ether oxygens (including phenoxy) is 3. The number of Topliss-reactive ketones (excluding diaryl/α,β-unsaturated/α-hetero) is 2. The molecule has 2 spiro atoms. The molecule has 0 bridgehead atoms. The van der Waals surface area contributed by atoms with Crippen molar-refractivity contribution in [3.05, 3.63) is 0 Å². The van der Waals surface area contributed by atoms with E-state index < -0.39 is 5.79 Å². The summed E-state index contributed by atoms with van der Waals surface area (Å²) in [5.74, 6) is 0.937. The van der Waals surface area contributed by atoms with E-state index in [2.05, 4.69) is 6.92 Å². The van der Waals surface area contributed by atoms with E-state index in [1.54, 1.807) is 0 Å². The number of rotatable bonds is 0. The highest BCUT2D eigenvalue weighted by Crippen LogP contribution is 2.44. The van der Waals surface area contributed by atoms with E-state index in [-0.39, 0.29) is 11.5 Å². The smallest absolute Gasteiger partial charge is 0.169 e. The van der Waals surface area contributed by atoms with Gasteiger partial charge >= 0.3 is 0 Å². The van der Waals surface area contributed by atoms with Gasteiger partial charge in [-0.3, -0.25) is 9.59 Å². The summed E-state index contributed by atoms with van der Waals surface area (Å²) in [5.41, 5.74) is 0.147. The standard InChI is InChI=1S/C9H14O3.C8H12O2/c1-7-6-9(3-2-8(7)10)11-4-5-12-9;1-6-4-7(9)2-3-8(6)5-10-8/h7H,2-6H2,1H3;6H,2-5H2,1H3. The molecule has 22 heavy (non-hydrogen) atoms. The number of ketones is 2. The summed E-state index contributed by atoms with van der Waals surface area (Å²) in [6.45, 7) is 6.32. The van der Waals surface area contributed by atoms with Gasteiger partial charge in [-0.1, -0.05) is 13.8 Å². The number of hydrogen-bond acceptors (Lipinski definition) is 5. The van der Waals surface area contributed by atoms with Gasteiger partial charge in [0.15, 0.2) is 5.79 Å². The largest absolute Gasteiger partial charge is 0.369 e. The lowest BCUT2D eigenvalue weighted by Crippen LogP contribution is -2.39. The number of carbonyl (C=O) groups excluding carboxylic acids is 2. The minimum Gasteiger partial charge on any atom is -0.369 e. The summed E-state index contributed by atoms with van der Waals surface area (Å²) in [6, 6.07) is 0. The highest BCUT2D eigenvalue weighted by molar-refractivity contribution is 5.81. The van der Waals surface area contributed by atoms with Gasteiger partial charge in [-0.25, -0.2) is 0 Å². The van der Waals surface area contributed by atoms with Crippen molar-refractivity contribution >= 4 is 11.6 Å². The van der Waals surface area contributed by atoms with Gasteiger partial charge in [0.25, 0.3) is 0 Å². The topological polar surface area (TPSA) is 65.1 Å². The van der Waals surface area contributed by atoms with Crippen molar-refractivity contribution in [2.45, 2.75) is 63.8 Å². The highest BCUT2D eigenvalue weighted by atomic mass is 16.7. The van der Waals surface area contributed by atoms with Crippen LogP contribution in [-0.4, -0.2) is 42.8 Å². The molecular weight excluding hydrogens is 284 g/mol. The maximum Gasteiger partial charge on any atom is 0.169 e. The van der Waals surface area contributed by atoms with Crippen molar-refractivity contribution < 1.29 is 23.8 Å². The van der Waals surface area contributed by atoms with E-state index in [4.69, 9.17) is 14.2 Å². The summed E-state index contributed by atoms with van der Waals surface area (Å²) in [4.78, 5) is 22.2. The van der Waals surface area contributed by atoms with E-state index in [0.29, 0.717) is 37.1 Å². The number of epoxide rings is 1. The average Bonchev–Trinajstić information content (AvgIpc) is 3.14. The van der Waals surface area contributed by atoms with Crippen molar-refractivity contribution in [2.75, 3.05) is 19.8 Å². The zero-order valence-electron chi connectivity index (χ0n) is 13.6. The minimum absolute atomic E-state index is 0.108. The lowest BCUT2D eigenvalue weighted by molar-refractivity contribution is -0.187. The Morgan fingerprint density at radius 3 is 2.23 bits per heavy atom. The molecule has 0 aromatic heterocycles. The van der Waals surface area contributed by atoms with E-state index in [0.717, 1.165) is 38.7 Å². The lowest BCUT2D eigenvalue weighted by Gasteiger charge is -2.33. The summed E-state index contributed by atoms with van der Waals surface area (Å²) in [7, 11) is 0. The second-order valence-corrected chi connectivity index (χ2v) is 7.18. The van der Waals surface area contributed by atoms with Crippen LogP contribution in [0.1, 0.15) is 52.4 Å². The summed E-state index contributed by atoms with van der Waals surface area (Å²) in [6.07, 6.45) is 4.54. The normalized spacial score (nSPS) is 39.7. The fourth-order valence-electron chi connectivity index (χ4n) is 3.75. The van der Waals surface area contributed by atoms with E-state index in [1.165, 1.54) is 0 Å². The molecule has 2 aliphatic heterocycles. The Morgan fingerprint density at radius 2 is 1.68 bits per heavy atom. The highest BCUT2D eigenvalue weighted by Gasteiger charge is 2.51. The van der Waals surface area contributed by atoms with Gasteiger partial charge < -0.3 is 14.2 Å². The molecule has 2 heterocycles. The molecule has 0 amide bonds. The zero-order valence-corrected chi connectivity index (χ0v) is 13.6. The maximum atomic E-state index is 11.2. The zero-order chi connectivity index (χ0) is 15.8. The van der Waals surface area contributed by atoms with Crippen molar-refractivity contribution in [1.82, 2.24) is 0 Å². The first kappa shape index (κ1) is 16.1. The van der Waals surface area contributed by atoms with E-state index >= 15 is 0 Å². The molecule has 4 rings (SSSR count). The molecule has 0 aromatic carbocycles. The maximum absolute atomic E-state index is 11.2. The molecule has 2 saturated heterocycles. The number of carbonyl (C=O) groups is 2. The molecule has 2 aliphatic carbocycles. The molecule has 5 heteroatoms. The Kier molecular flexibility index (Phi) is 4.40. The molecule has 0 radical (unpaired) electrons. The van der Waals surface area contributed by atoms with Crippen molar-refractivity contribution in [3.8, 4) is 0 Å². The first-order valence-corrected chi connectivity index (χ1v) is 8.41. The summed E-state index contributed by atoms with van der Waals surface area (Å²) < 4.78 is 16.4. The summed E-state index contributed by atoms with van der Waals surface area (Å²) in [5, 5.41) is 0. The van der Waals surface area contributed by atoms with Crippen LogP contribution in [0.5, 0.6) is 0 Å². The lowest BCUT2D eigenvalue weighted by atomic mass is 9.80. The monoisotopic (exact) mass is 310 g/mol. The third-order valence-corrected chi connectivity index (χ3v) is 5.51. The van der Waals surface area contributed by atoms with E-state index in [9.17, 15) is 9.59 Å². The van der Waals surface area contributed by atoms with Crippen LogP contribution in [0.25, 0.3) is 0 Å². The van der Waals surface area contributed by atoms with Crippen LogP contribution in [-0.2, 0) is 23.8 Å². The Balaban J connectivity index is 0.000000133. The molecule has 4 fully saturated rings. The third kappa shape index (κ3) is 3.26. The quantitative estimate of drug-likeness (QED) is 0.642. The van der Waals surface area contributed by atoms with Crippen molar-refractivity contribution in [3.63, 3.8) is 0 Å². The van der Waals surface area contributed by atoms with Crippen LogP contribution in [0, 0.1) is 11.8 Å². The first-order chi connectivity index (χ1) is 10.4. The molecule has 0 N–H and O–H groups in total. The van der Waals surface area contributed by atoms with Gasteiger partial charge in [0.05, 0.1) is 25.4 Å². The van der Waals surface area contributed by atoms with Crippen molar-refractivity contribution in [1.29, 1.82) is 0 Å². The molecule has 3 unspecified atom stereocenters. The minimum atomic E-state index is -0.396. The average molecular weight is 310 g/mol. The van der Waals surface area contributed by atoms with Crippen LogP contribution in [0.2, 0.25) is 0 Å². The second-order valence-electron chi connectivity index (χ2n) is 7.18. The van der Waals surface area contributed by atoms with Crippen LogP contribution in [0.15, 0.2) is 0 Å². The first-order valence-electron chi connectivity index (χ1n) is 8.41. The molecule has 2 saturated carbocycles. The third-order valence-electron chi connectivity index (χ3n) is 5.51.